The van der Waals surface area contributed by atoms with E-state index in [9.17, 15) is 9.90 Å². The Morgan fingerprint density at radius 3 is 2.70 bits per heavy atom. The van der Waals surface area contributed by atoms with Crippen LogP contribution in [0, 0.1) is 12.8 Å². The van der Waals surface area contributed by atoms with Crippen molar-refractivity contribution in [3.05, 3.63) is 23.5 Å². The van der Waals surface area contributed by atoms with Crippen LogP contribution in [0.5, 0.6) is 0 Å². The van der Waals surface area contributed by atoms with E-state index in [0.717, 1.165) is 17.5 Å². The minimum Gasteiger partial charge on any atom is -0.391 e. The van der Waals surface area contributed by atoms with Crippen LogP contribution in [0.25, 0.3) is 11.0 Å². The van der Waals surface area contributed by atoms with E-state index in [1.807, 2.05) is 39.3 Å². The maximum Gasteiger partial charge on any atom is 0.252 e. The van der Waals surface area contributed by atoms with Gasteiger partial charge in [0.05, 0.1) is 23.3 Å². The fourth-order valence-corrected chi connectivity index (χ4v) is 2.47. The first-order valence-corrected chi connectivity index (χ1v) is 8.16. The molecule has 0 bridgehead atoms. The van der Waals surface area contributed by atoms with Crippen molar-refractivity contribution in [1.82, 2.24) is 20.1 Å². The number of carbonyl (C=O) groups excluding carboxylic acids is 1. The molecule has 6 heteroatoms. The molecular formula is C17H26N4O2. The van der Waals surface area contributed by atoms with Gasteiger partial charge in [0.1, 0.15) is 0 Å². The van der Waals surface area contributed by atoms with Gasteiger partial charge in [0.25, 0.3) is 5.91 Å². The molecule has 0 aliphatic carbocycles. The molecule has 0 fully saturated rings. The van der Waals surface area contributed by atoms with Gasteiger partial charge in [-0.3, -0.25) is 4.79 Å². The maximum atomic E-state index is 12.5. The third-order valence-electron chi connectivity index (χ3n) is 4.20. The summed E-state index contributed by atoms with van der Waals surface area (Å²) >= 11 is 0. The Balaban J connectivity index is 2.27. The van der Waals surface area contributed by atoms with Gasteiger partial charge in [-0.1, -0.05) is 20.3 Å². The lowest BCUT2D eigenvalue weighted by molar-refractivity contribution is 0.0851. The summed E-state index contributed by atoms with van der Waals surface area (Å²) < 4.78 is 1.81. The van der Waals surface area contributed by atoms with Crippen molar-refractivity contribution in [3.8, 4) is 0 Å². The van der Waals surface area contributed by atoms with Gasteiger partial charge in [0.2, 0.25) is 0 Å². The molecule has 0 saturated heterocycles. The molecule has 0 spiro atoms. The quantitative estimate of drug-likeness (QED) is 0.857. The van der Waals surface area contributed by atoms with Gasteiger partial charge in [-0.25, -0.2) is 9.67 Å². The molecule has 2 aromatic rings. The number of nitrogens with one attached hydrogen (secondary N) is 1. The van der Waals surface area contributed by atoms with Gasteiger partial charge in [0.15, 0.2) is 5.65 Å². The fourth-order valence-electron chi connectivity index (χ4n) is 2.47. The minimum atomic E-state index is -0.541. The average Bonchev–Trinajstić information content (AvgIpc) is 2.94. The van der Waals surface area contributed by atoms with Crippen LogP contribution in [0.3, 0.4) is 0 Å². The minimum absolute atomic E-state index is 0.151. The van der Waals surface area contributed by atoms with Gasteiger partial charge in [-0.05, 0) is 32.8 Å². The summed E-state index contributed by atoms with van der Waals surface area (Å²) in [5, 5.41) is 17.9. The van der Waals surface area contributed by atoms with Crippen LogP contribution >= 0.6 is 0 Å². The number of hydrogen-bond acceptors (Lipinski definition) is 4. The van der Waals surface area contributed by atoms with Crippen molar-refractivity contribution in [2.24, 2.45) is 5.92 Å². The molecule has 2 aromatic heterocycles. The molecule has 0 aliphatic heterocycles. The standard InChI is InChI=1S/C17H26N4O2/c1-6-11(4)15(22)9-18-17(23)13-7-12(5)20-16-14(13)8-19-21(16)10(2)3/h7-8,10-11,15,22H,6,9H2,1-5H3,(H,18,23). The van der Waals surface area contributed by atoms with E-state index in [0.29, 0.717) is 11.2 Å². The van der Waals surface area contributed by atoms with Crippen LogP contribution in [0.4, 0.5) is 0 Å². The molecule has 2 rings (SSSR count). The van der Waals surface area contributed by atoms with Crippen molar-refractivity contribution >= 4 is 16.9 Å². The van der Waals surface area contributed by atoms with Gasteiger partial charge >= 0.3 is 0 Å². The number of fused-ring (bicyclic) bond motifs is 1. The normalized spacial score (nSPS) is 14.2. The van der Waals surface area contributed by atoms with Gasteiger partial charge in [-0.15, -0.1) is 0 Å². The molecule has 2 unspecified atom stereocenters. The smallest absolute Gasteiger partial charge is 0.252 e. The van der Waals surface area contributed by atoms with Crippen LogP contribution in [-0.4, -0.2) is 38.4 Å². The number of pyridine rings is 1. The molecule has 6 nitrogen and oxygen atoms in total. The summed E-state index contributed by atoms with van der Waals surface area (Å²) in [7, 11) is 0. The third-order valence-corrected chi connectivity index (χ3v) is 4.20. The van der Waals surface area contributed by atoms with Crippen LogP contribution in [0.1, 0.15) is 56.2 Å². The van der Waals surface area contributed by atoms with Gasteiger partial charge in [0, 0.05) is 18.3 Å². The summed E-state index contributed by atoms with van der Waals surface area (Å²) in [4.78, 5) is 17.0. The predicted octanol–water partition coefficient (Wildman–Crippen LogP) is 2.46. The molecule has 0 aromatic carbocycles. The van der Waals surface area contributed by atoms with E-state index in [1.54, 1.807) is 12.3 Å². The number of aromatic nitrogens is 3. The third kappa shape index (κ3) is 3.69. The average molecular weight is 318 g/mol. The molecule has 2 atom stereocenters. The lowest BCUT2D eigenvalue weighted by Crippen LogP contribution is -2.35. The van der Waals surface area contributed by atoms with E-state index in [1.165, 1.54) is 0 Å². The molecule has 23 heavy (non-hydrogen) atoms. The molecule has 126 valence electrons. The Kier molecular flexibility index (Phi) is 5.36. The number of aliphatic hydroxyl groups excluding tert-OH is 1. The Bertz CT molecular complexity index is 693. The van der Waals surface area contributed by atoms with Crippen molar-refractivity contribution in [1.29, 1.82) is 0 Å². The molecule has 0 radical (unpaired) electrons. The SMILES string of the molecule is CCC(C)C(O)CNC(=O)c1cc(C)nc2c1cnn2C(C)C. The second-order valence-electron chi connectivity index (χ2n) is 6.39. The summed E-state index contributed by atoms with van der Waals surface area (Å²) in [6.45, 7) is 10.2. The van der Waals surface area contributed by atoms with Crippen LogP contribution in [0.2, 0.25) is 0 Å². The number of aryl methyl sites for hydroxylation is 1. The van der Waals surface area contributed by atoms with Gasteiger partial charge < -0.3 is 10.4 Å². The second-order valence-corrected chi connectivity index (χ2v) is 6.39. The van der Waals surface area contributed by atoms with Gasteiger partial charge in [-0.2, -0.15) is 5.10 Å². The van der Waals surface area contributed by atoms with Crippen molar-refractivity contribution in [2.45, 2.75) is 53.2 Å². The Labute approximate surface area is 136 Å². The zero-order valence-corrected chi connectivity index (χ0v) is 14.5. The Hall–Kier alpha value is -1.95. The number of carbonyl (C=O) groups is 1. The number of nitrogens with zero attached hydrogens (tertiary/aromatic N) is 3. The Morgan fingerprint density at radius 2 is 2.09 bits per heavy atom. The first-order chi connectivity index (χ1) is 10.8. The number of aliphatic hydroxyl groups is 1. The number of amides is 1. The zero-order chi connectivity index (χ0) is 17.1. The molecule has 0 aliphatic rings. The monoisotopic (exact) mass is 318 g/mol. The van der Waals surface area contributed by atoms with Crippen LogP contribution < -0.4 is 5.32 Å². The highest BCUT2D eigenvalue weighted by atomic mass is 16.3. The van der Waals surface area contributed by atoms with Crippen molar-refractivity contribution < 1.29 is 9.90 Å². The topological polar surface area (TPSA) is 80.0 Å². The van der Waals surface area contributed by atoms with Crippen molar-refractivity contribution in [3.63, 3.8) is 0 Å². The first-order valence-electron chi connectivity index (χ1n) is 8.16. The predicted molar refractivity (Wildman–Crippen MR) is 90.4 cm³/mol. The fraction of sp³-hybridized carbons (Fsp3) is 0.588. The van der Waals surface area contributed by atoms with Crippen LogP contribution in [0.15, 0.2) is 12.3 Å². The lowest BCUT2D eigenvalue weighted by atomic mass is 10.0. The number of rotatable bonds is 6. The first kappa shape index (κ1) is 17.4. The maximum absolute atomic E-state index is 12.5. The second kappa shape index (κ2) is 7.08. The largest absolute Gasteiger partial charge is 0.391 e. The molecule has 2 heterocycles. The molecular weight excluding hydrogens is 292 g/mol. The lowest BCUT2D eigenvalue weighted by Gasteiger charge is -2.17. The number of hydrogen-bond donors (Lipinski definition) is 2. The summed E-state index contributed by atoms with van der Waals surface area (Å²) in [6.07, 6.45) is 2.01. The Morgan fingerprint density at radius 1 is 1.39 bits per heavy atom. The summed E-state index contributed by atoms with van der Waals surface area (Å²) in [6, 6.07) is 1.93. The van der Waals surface area contributed by atoms with Crippen LogP contribution in [-0.2, 0) is 0 Å². The molecule has 1 amide bonds. The van der Waals surface area contributed by atoms with E-state index in [-0.39, 0.29) is 24.4 Å². The zero-order valence-electron chi connectivity index (χ0n) is 14.5. The summed E-state index contributed by atoms with van der Waals surface area (Å²) in [5.74, 6) is -0.0515. The molecule has 0 saturated carbocycles. The molecule has 2 N–H and O–H groups in total. The van der Waals surface area contributed by atoms with Crippen molar-refractivity contribution in [2.75, 3.05) is 6.54 Å². The van der Waals surface area contributed by atoms with E-state index >= 15 is 0 Å². The highest BCUT2D eigenvalue weighted by Crippen LogP contribution is 2.21. The van der Waals surface area contributed by atoms with E-state index < -0.39 is 6.10 Å². The highest BCUT2D eigenvalue weighted by Gasteiger charge is 2.18. The highest BCUT2D eigenvalue weighted by molar-refractivity contribution is 6.05. The van der Waals surface area contributed by atoms with E-state index in [4.69, 9.17) is 0 Å². The summed E-state index contributed by atoms with van der Waals surface area (Å²) in [5.41, 5.74) is 2.04. The van der Waals surface area contributed by atoms with E-state index in [2.05, 4.69) is 15.4 Å².